The predicted octanol–water partition coefficient (Wildman–Crippen LogP) is 3.66. The Morgan fingerprint density at radius 3 is 2.89 bits per heavy atom. The van der Waals surface area contributed by atoms with E-state index in [1.165, 1.54) is 23.1 Å². The van der Waals surface area contributed by atoms with E-state index in [2.05, 4.69) is 25.8 Å². The molecule has 4 rings (SSSR count). The van der Waals surface area contributed by atoms with Crippen LogP contribution in [0.3, 0.4) is 0 Å². The largest absolute Gasteiger partial charge is 0.497 e. The number of carbonyl (C=O) groups is 1. The quantitative estimate of drug-likeness (QED) is 0.464. The van der Waals surface area contributed by atoms with Gasteiger partial charge in [0.25, 0.3) is 0 Å². The zero-order valence-electron chi connectivity index (χ0n) is 14.5. The summed E-state index contributed by atoms with van der Waals surface area (Å²) in [6.45, 7) is 0. The highest BCUT2D eigenvalue weighted by Gasteiger charge is 2.13. The lowest BCUT2D eigenvalue weighted by Crippen LogP contribution is -2.14. The molecule has 0 atom stereocenters. The molecule has 0 aliphatic carbocycles. The SMILES string of the molecule is COc1ccc2nc(NC(=O)CSc3nnnn3-c3ccc(Cl)cc3)sc2c1. The molecule has 0 unspecified atom stereocenters. The van der Waals surface area contributed by atoms with Crippen LogP contribution in [0.2, 0.25) is 5.02 Å². The number of benzene rings is 2. The third-order valence-electron chi connectivity index (χ3n) is 3.69. The minimum Gasteiger partial charge on any atom is -0.497 e. The van der Waals surface area contributed by atoms with E-state index < -0.39 is 0 Å². The summed E-state index contributed by atoms with van der Waals surface area (Å²) in [6.07, 6.45) is 0. The number of aromatic nitrogens is 5. The van der Waals surface area contributed by atoms with E-state index in [0.29, 0.717) is 15.3 Å². The summed E-state index contributed by atoms with van der Waals surface area (Å²) in [5, 5.41) is 16.1. The summed E-state index contributed by atoms with van der Waals surface area (Å²) in [4.78, 5) is 16.7. The van der Waals surface area contributed by atoms with Gasteiger partial charge in [0, 0.05) is 5.02 Å². The van der Waals surface area contributed by atoms with Crippen molar-refractivity contribution in [2.75, 3.05) is 18.2 Å². The first kappa shape index (κ1) is 18.7. The second-order valence-electron chi connectivity index (χ2n) is 5.54. The number of hydrogen-bond acceptors (Lipinski definition) is 8. The number of fused-ring (bicyclic) bond motifs is 1. The van der Waals surface area contributed by atoms with Crippen LogP contribution in [0.15, 0.2) is 47.6 Å². The van der Waals surface area contributed by atoms with E-state index in [-0.39, 0.29) is 11.7 Å². The van der Waals surface area contributed by atoms with E-state index in [0.717, 1.165) is 21.7 Å². The van der Waals surface area contributed by atoms with Gasteiger partial charge >= 0.3 is 0 Å². The summed E-state index contributed by atoms with van der Waals surface area (Å²) < 4.78 is 7.70. The van der Waals surface area contributed by atoms with Crippen LogP contribution in [0.1, 0.15) is 0 Å². The highest BCUT2D eigenvalue weighted by Crippen LogP contribution is 2.29. The number of nitrogens with one attached hydrogen (secondary N) is 1. The van der Waals surface area contributed by atoms with Crippen molar-refractivity contribution in [1.29, 1.82) is 0 Å². The number of amides is 1. The van der Waals surface area contributed by atoms with Gasteiger partial charge in [0.15, 0.2) is 5.13 Å². The molecule has 2 heterocycles. The van der Waals surface area contributed by atoms with Crippen molar-refractivity contribution in [3.63, 3.8) is 0 Å². The minimum atomic E-state index is -0.193. The Bertz CT molecular complexity index is 1130. The Balaban J connectivity index is 1.41. The third kappa shape index (κ3) is 4.08. The van der Waals surface area contributed by atoms with Gasteiger partial charge in [-0.15, -0.1) is 5.10 Å². The van der Waals surface area contributed by atoms with Crippen molar-refractivity contribution in [2.45, 2.75) is 5.16 Å². The molecule has 142 valence electrons. The van der Waals surface area contributed by atoms with Crippen LogP contribution in [-0.4, -0.2) is 44.0 Å². The molecule has 0 aliphatic heterocycles. The van der Waals surface area contributed by atoms with Gasteiger partial charge in [-0.3, -0.25) is 4.79 Å². The summed E-state index contributed by atoms with van der Waals surface area (Å²) in [5.74, 6) is 0.702. The Hall–Kier alpha value is -2.69. The van der Waals surface area contributed by atoms with Crippen molar-refractivity contribution in [2.24, 2.45) is 0 Å². The molecule has 0 radical (unpaired) electrons. The lowest BCUT2D eigenvalue weighted by atomic mass is 10.3. The normalized spacial score (nSPS) is 10.9. The molecular weight excluding hydrogens is 420 g/mol. The maximum atomic E-state index is 12.3. The van der Waals surface area contributed by atoms with Gasteiger partial charge in [-0.2, -0.15) is 4.68 Å². The van der Waals surface area contributed by atoms with Gasteiger partial charge in [-0.1, -0.05) is 34.7 Å². The molecule has 0 aliphatic rings. The first-order valence-corrected chi connectivity index (χ1v) is 10.2. The summed E-state index contributed by atoms with van der Waals surface area (Å²) in [6, 6.07) is 12.7. The third-order valence-corrected chi connectivity index (χ3v) is 5.79. The lowest BCUT2D eigenvalue weighted by Gasteiger charge is -2.04. The molecule has 0 saturated carbocycles. The fourth-order valence-electron chi connectivity index (χ4n) is 2.38. The van der Waals surface area contributed by atoms with Crippen molar-refractivity contribution >= 4 is 56.0 Å². The molecule has 2 aromatic carbocycles. The molecule has 2 aromatic heterocycles. The Morgan fingerprint density at radius 1 is 1.29 bits per heavy atom. The number of nitrogens with zero attached hydrogens (tertiary/aromatic N) is 5. The smallest absolute Gasteiger partial charge is 0.236 e. The zero-order valence-corrected chi connectivity index (χ0v) is 16.9. The monoisotopic (exact) mass is 432 g/mol. The van der Waals surface area contributed by atoms with Crippen LogP contribution < -0.4 is 10.1 Å². The van der Waals surface area contributed by atoms with E-state index in [1.807, 2.05) is 18.2 Å². The summed E-state index contributed by atoms with van der Waals surface area (Å²) in [7, 11) is 1.61. The van der Waals surface area contributed by atoms with E-state index in [4.69, 9.17) is 16.3 Å². The molecule has 1 amide bonds. The number of hydrogen-bond donors (Lipinski definition) is 1. The van der Waals surface area contributed by atoms with Crippen molar-refractivity contribution in [3.05, 3.63) is 47.5 Å². The van der Waals surface area contributed by atoms with Gasteiger partial charge in [-0.25, -0.2) is 4.98 Å². The number of ether oxygens (including phenoxy) is 1. The number of rotatable bonds is 6. The van der Waals surface area contributed by atoms with Gasteiger partial charge in [0.2, 0.25) is 11.1 Å². The molecule has 11 heteroatoms. The Labute approximate surface area is 172 Å². The average molecular weight is 433 g/mol. The van der Waals surface area contributed by atoms with Gasteiger partial charge in [0.1, 0.15) is 5.75 Å². The maximum absolute atomic E-state index is 12.3. The first-order chi connectivity index (χ1) is 13.6. The van der Waals surface area contributed by atoms with Crippen LogP contribution in [-0.2, 0) is 4.79 Å². The van der Waals surface area contributed by atoms with Crippen LogP contribution in [0.5, 0.6) is 5.75 Å². The molecule has 0 fully saturated rings. The number of halogens is 1. The number of methoxy groups -OCH3 is 1. The van der Waals surface area contributed by atoms with Crippen LogP contribution in [0.25, 0.3) is 15.9 Å². The number of carbonyl (C=O) groups excluding carboxylic acids is 1. The lowest BCUT2D eigenvalue weighted by molar-refractivity contribution is -0.113. The second-order valence-corrected chi connectivity index (χ2v) is 7.95. The maximum Gasteiger partial charge on any atom is 0.236 e. The molecule has 28 heavy (non-hydrogen) atoms. The van der Waals surface area contributed by atoms with Crippen LogP contribution in [0.4, 0.5) is 5.13 Å². The van der Waals surface area contributed by atoms with E-state index in [9.17, 15) is 4.79 Å². The minimum absolute atomic E-state index is 0.146. The Morgan fingerprint density at radius 2 is 2.11 bits per heavy atom. The van der Waals surface area contributed by atoms with E-state index in [1.54, 1.807) is 36.1 Å². The van der Waals surface area contributed by atoms with Crippen LogP contribution >= 0.6 is 34.7 Å². The number of thioether (sulfide) groups is 1. The highest BCUT2D eigenvalue weighted by molar-refractivity contribution is 7.99. The van der Waals surface area contributed by atoms with Crippen molar-refractivity contribution < 1.29 is 9.53 Å². The van der Waals surface area contributed by atoms with Gasteiger partial charge in [0.05, 0.1) is 28.8 Å². The van der Waals surface area contributed by atoms with Gasteiger partial charge < -0.3 is 10.1 Å². The fourth-order valence-corrected chi connectivity index (χ4v) is 4.11. The predicted molar refractivity (Wildman–Crippen MR) is 110 cm³/mol. The molecular formula is C17H13ClN6O2S2. The summed E-state index contributed by atoms with van der Waals surface area (Å²) in [5.41, 5.74) is 1.57. The molecule has 4 aromatic rings. The van der Waals surface area contributed by atoms with Gasteiger partial charge in [-0.05, 0) is 52.9 Å². The average Bonchev–Trinajstić information content (AvgIpc) is 3.32. The second kappa shape index (κ2) is 8.13. The van der Waals surface area contributed by atoms with Crippen molar-refractivity contribution in [3.8, 4) is 11.4 Å². The molecule has 0 bridgehead atoms. The Kier molecular flexibility index (Phi) is 5.42. The number of thiazole rings is 1. The van der Waals surface area contributed by atoms with Crippen LogP contribution in [0, 0.1) is 0 Å². The first-order valence-electron chi connectivity index (χ1n) is 8.04. The van der Waals surface area contributed by atoms with Crippen molar-refractivity contribution in [1.82, 2.24) is 25.2 Å². The topological polar surface area (TPSA) is 94.8 Å². The molecule has 0 spiro atoms. The zero-order chi connectivity index (χ0) is 19.5. The number of tetrazole rings is 1. The molecule has 8 nitrogen and oxygen atoms in total. The highest BCUT2D eigenvalue weighted by atomic mass is 35.5. The fraction of sp³-hybridized carbons (Fsp3) is 0.118. The summed E-state index contributed by atoms with van der Waals surface area (Å²) >= 11 is 8.53. The molecule has 0 saturated heterocycles. The van der Waals surface area contributed by atoms with E-state index >= 15 is 0 Å². The standard InChI is InChI=1S/C17H13ClN6O2S2/c1-26-12-6-7-13-14(8-12)28-16(19-13)20-15(25)9-27-17-21-22-23-24(17)11-4-2-10(18)3-5-11/h2-8H,9H2,1H3,(H,19,20,25). The molecule has 1 N–H and O–H groups in total. The number of anilines is 1.